The zero-order chi connectivity index (χ0) is 23.9. The summed E-state index contributed by atoms with van der Waals surface area (Å²) in [5.41, 5.74) is 1.17. The Morgan fingerprint density at radius 3 is 2.56 bits per heavy atom. The van der Waals surface area contributed by atoms with Gasteiger partial charge in [0.05, 0.1) is 5.75 Å². The van der Waals surface area contributed by atoms with Crippen molar-refractivity contribution >= 4 is 23.6 Å². The first-order chi connectivity index (χ1) is 16.5. The van der Waals surface area contributed by atoms with Crippen LogP contribution < -0.4 is 0 Å². The van der Waals surface area contributed by atoms with Gasteiger partial charge in [0.2, 0.25) is 11.8 Å². The van der Waals surface area contributed by atoms with Crippen LogP contribution in [0.2, 0.25) is 0 Å². The molecule has 8 heteroatoms. The van der Waals surface area contributed by atoms with Crippen molar-refractivity contribution in [3.8, 4) is 0 Å². The Balaban J connectivity index is 1.28. The highest BCUT2D eigenvalue weighted by molar-refractivity contribution is 7.99. The summed E-state index contributed by atoms with van der Waals surface area (Å²) >= 11 is 1.43. The van der Waals surface area contributed by atoms with E-state index < -0.39 is 0 Å². The van der Waals surface area contributed by atoms with Gasteiger partial charge in [0, 0.05) is 45.1 Å². The quantitative estimate of drug-likeness (QED) is 0.425. The van der Waals surface area contributed by atoms with Gasteiger partial charge in [-0.25, -0.2) is 0 Å². The molecule has 1 aromatic heterocycles. The number of thioether (sulfide) groups is 1. The molecule has 0 aliphatic carbocycles. The van der Waals surface area contributed by atoms with Crippen molar-refractivity contribution in [2.24, 2.45) is 11.8 Å². The number of hydrogen-bond donors (Lipinski definition) is 0. The van der Waals surface area contributed by atoms with Gasteiger partial charge < -0.3 is 14.4 Å². The molecule has 2 amide bonds. The number of allylic oxidation sites excluding steroid dienone is 1. The lowest BCUT2D eigenvalue weighted by Gasteiger charge is -2.37. The molecule has 0 N–H and O–H groups in total. The Morgan fingerprint density at radius 1 is 1.09 bits per heavy atom. The molecule has 2 saturated heterocycles. The van der Waals surface area contributed by atoms with Crippen molar-refractivity contribution in [1.82, 2.24) is 24.6 Å². The van der Waals surface area contributed by atoms with E-state index in [0.29, 0.717) is 37.7 Å². The van der Waals surface area contributed by atoms with E-state index >= 15 is 0 Å². The van der Waals surface area contributed by atoms with Crippen LogP contribution in [-0.2, 0) is 22.6 Å². The molecule has 2 fully saturated rings. The monoisotopic (exact) mass is 481 g/mol. The number of benzene rings is 1. The Bertz CT molecular complexity index is 984. The molecule has 2 aliphatic heterocycles. The Morgan fingerprint density at radius 2 is 1.85 bits per heavy atom. The van der Waals surface area contributed by atoms with E-state index in [-0.39, 0.29) is 17.7 Å². The third-order valence-electron chi connectivity index (χ3n) is 6.80. The van der Waals surface area contributed by atoms with Gasteiger partial charge in [-0.05, 0) is 37.2 Å². The van der Waals surface area contributed by atoms with Crippen LogP contribution in [0.1, 0.15) is 44.0 Å². The first kappa shape index (κ1) is 24.5. The second-order valence-corrected chi connectivity index (χ2v) is 10.4. The van der Waals surface area contributed by atoms with Crippen LogP contribution in [0.3, 0.4) is 0 Å². The predicted molar refractivity (Wildman–Crippen MR) is 134 cm³/mol. The second kappa shape index (κ2) is 11.7. The van der Waals surface area contributed by atoms with Gasteiger partial charge in [0.15, 0.2) is 5.16 Å². The molecule has 0 radical (unpaired) electrons. The van der Waals surface area contributed by atoms with Crippen LogP contribution in [0, 0.1) is 11.8 Å². The largest absolute Gasteiger partial charge is 0.342 e. The summed E-state index contributed by atoms with van der Waals surface area (Å²) in [6, 6.07) is 10.2. The molecule has 3 heterocycles. The lowest BCUT2D eigenvalue weighted by Crippen LogP contribution is -2.47. The smallest absolute Gasteiger partial charge is 0.233 e. The molecule has 34 heavy (non-hydrogen) atoms. The summed E-state index contributed by atoms with van der Waals surface area (Å²) in [6.07, 6.45) is 6.35. The molecule has 2 aliphatic rings. The fraction of sp³-hybridized carbons (Fsp3) is 0.538. The molecule has 182 valence electrons. The van der Waals surface area contributed by atoms with Crippen LogP contribution >= 0.6 is 11.8 Å². The number of rotatable bonds is 8. The van der Waals surface area contributed by atoms with E-state index in [2.05, 4.69) is 35.8 Å². The van der Waals surface area contributed by atoms with Gasteiger partial charge in [0.1, 0.15) is 5.82 Å². The molecule has 1 aromatic carbocycles. The van der Waals surface area contributed by atoms with Crippen LogP contribution in [0.15, 0.2) is 48.1 Å². The topological polar surface area (TPSA) is 71.3 Å². The van der Waals surface area contributed by atoms with Crippen molar-refractivity contribution in [3.63, 3.8) is 0 Å². The number of piperidine rings is 2. The highest BCUT2D eigenvalue weighted by Gasteiger charge is 2.31. The Labute approximate surface area is 206 Å². The molecular weight excluding hydrogens is 446 g/mol. The third kappa shape index (κ3) is 6.09. The van der Waals surface area contributed by atoms with E-state index in [4.69, 9.17) is 0 Å². The Kier molecular flexibility index (Phi) is 8.43. The highest BCUT2D eigenvalue weighted by Crippen LogP contribution is 2.25. The molecule has 1 atom stereocenters. The number of likely N-dealkylation sites (tertiary alicyclic amines) is 2. The lowest BCUT2D eigenvalue weighted by atomic mass is 9.93. The number of carbonyl (C=O) groups is 2. The zero-order valence-electron chi connectivity index (χ0n) is 20.1. The van der Waals surface area contributed by atoms with Crippen LogP contribution in [-0.4, -0.2) is 68.3 Å². The first-order valence-electron chi connectivity index (χ1n) is 12.3. The normalized spacial score (nSPS) is 19.3. The summed E-state index contributed by atoms with van der Waals surface area (Å²) < 4.78 is 2.03. The summed E-state index contributed by atoms with van der Waals surface area (Å²) in [5, 5.41) is 9.46. The molecule has 2 aromatic rings. The standard InChI is InChI=1S/C26H35N5O2S/c1-3-13-31-23(17-21-9-5-4-6-10-21)27-28-26(31)34-19-24(32)29-15-11-22(12-16-29)25(33)30-14-7-8-20(2)18-30/h3-6,9-10,20,22H,1,7-8,11-19H2,2H3. The van der Waals surface area contributed by atoms with Crippen molar-refractivity contribution in [2.75, 3.05) is 31.9 Å². The summed E-state index contributed by atoms with van der Waals surface area (Å²) in [7, 11) is 0. The number of carbonyl (C=O) groups excluding carboxylic acids is 2. The van der Waals surface area contributed by atoms with Gasteiger partial charge in [-0.15, -0.1) is 16.8 Å². The SMILES string of the molecule is C=CCn1c(Cc2ccccc2)nnc1SCC(=O)N1CCC(C(=O)N2CCCC(C)C2)CC1. The minimum absolute atomic E-state index is 0.0539. The van der Waals surface area contributed by atoms with Gasteiger partial charge in [-0.2, -0.15) is 0 Å². The maximum Gasteiger partial charge on any atom is 0.233 e. The fourth-order valence-corrected chi connectivity index (χ4v) is 5.76. The minimum atomic E-state index is 0.0539. The van der Waals surface area contributed by atoms with Crippen LogP contribution in [0.25, 0.3) is 0 Å². The van der Waals surface area contributed by atoms with Crippen molar-refractivity contribution in [1.29, 1.82) is 0 Å². The minimum Gasteiger partial charge on any atom is -0.342 e. The summed E-state index contributed by atoms with van der Waals surface area (Å²) in [4.78, 5) is 29.7. The Hall–Kier alpha value is -2.61. The van der Waals surface area contributed by atoms with Crippen molar-refractivity contribution in [2.45, 2.75) is 50.7 Å². The highest BCUT2D eigenvalue weighted by atomic mass is 32.2. The fourth-order valence-electron chi connectivity index (χ4n) is 4.89. The third-order valence-corrected chi connectivity index (χ3v) is 7.75. The molecule has 7 nitrogen and oxygen atoms in total. The van der Waals surface area contributed by atoms with Gasteiger partial charge in [-0.1, -0.05) is 55.1 Å². The second-order valence-electron chi connectivity index (χ2n) is 9.44. The number of amides is 2. The molecule has 0 spiro atoms. The van der Waals surface area contributed by atoms with E-state index in [9.17, 15) is 9.59 Å². The zero-order valence-corrected chi connectivity index (χ0v) is 20.9. The molecule has 4 rings (SSSR count). The van der Waals surface area contributed by atoms with E-state index in [1.165, 1.54) is 23.7 Å². The number of hydrogen-bond acceptors (Lipinski definition) is 5. The van der Waals surface area contributed by atoms with E-state index in [0.717, 1.165) is 43.3 Å². The van der Waals surface area contributed by atoms with Gasteiger partial charge in [0.25, 0.3) is 0 Å². The van der Waals surface area contributed by atoms with Crippen molar-refractivity contribution < 1.29 is 9.59 Å². The van der Waals surface area contributed by atoms with E-state index in [1.54, 1.807) is 0 Å². The average molecular weight is 482 g/mol. The van der Waals surface area contributed by atoms with Crippen molar-refractivity contribution in [3.05, 3.63) is 54.4 Å². The first-order valence-corrected chi connectivity index (χ1v) is 13.3. The van der Waals surface area contributed by atoms with Gasteiger partial charge in [-0.3, -0.25) is 9.59 Å². The van der Waals surface area contributed by atoms with Crippen LogP contribution in [0.5, 0.6) is 0 Å². The predicted octanol–water partition coefficient (Wildman–Crippen LogP) is 3.64. The van der Waals surface area contributed by atoms with Crippen LogP contribution in [0.4, 0.5) is 0 Å². The van der Waals surface area contributed by atoms with E-state index in [1.807, 2.05) is 38.6 Å². The molecule has 0 bridgehead atoms. The number of aromatic nitrogens is 3. The number of nitrogens with zero attached hydrogens (tertiary/aromatic N) is 5. The average Bonchev–Trinajstić information content (AvgIpc) is 3.24. The summed E-state index contributed by atoms with van der Waals surface area (Å²) in [6.45, 7) is 9.76. The molecule has 0 saturated carbocycles. The van der Waals surface area contributed by atoms with Gasteiger partial charge >= 0.3 is 0 Å². The molecule has 1 unspecified atom stereocenters. The molecular formula is C26H35N5O2S. The maximum absolute atomic E-state index is 12.9. The summed E-state index contributed by atoms with van der Waals surface area (Å²) in [5.74, 6) is 2.22. The lowest BCUT2D eigenvalue weighted by molar-refractivity contribution is -0.141. The maximum atomic E-state index is 12.9.